The van der Waals surface area contributed by atoms with Gasteiger partial charge in [-0.05, 0) is 13.0 Å². The molecule has 5 nitrogen and oxygen atoms in total. The van der Waals surface area contributed by atoms with E-state index in [0.29, 0.717) is 13.2 Å². The van der Waals surface area contributed by atoms with Crippen molar-refractivity contribution in [3.8, 4) is 0 Å². The minimum Gasteiger partial charge on any atom is -0.463 e. The highest BCUT2D eigenvalue weighted by Crippen LogP contribution is 2.06. The summed E-state index contributed by atoms with van der Waals surface area (Å²) in [4.78, 5) is 13.7. The third kappa shape index (κ3) is 3.73. The van der Waals surface area contributed by atoms with Crippen LogP contribution in [-0.2, 0) is 14.3 Å². The first-order chi connectivity index (χ1) is 7.52. The van der Waals surface area contributed by atoms with E-state index in [-0.39, 0.29) is 17.9 Å². The highest BCUT2D eigenvalue weighted by Gasteiger charge is 2.24. The smallest absolute Gasteiger partial charge is 0.323 e. The van der Waals surface area contributed by atoms with Crippen molar-refractivity contribution in [2.24, 2.45) is 11.7 Å². The van der Waals surface area contributed by atoms with E-state index >= 15 is 0 Å². The maximum absolute atomic E-state index is 11.5. The Hall–Kier alpha value is -0.650. The monoisotopic (exact) mass is 230 g/mol. The van der Waals surface area contributed by atoms with Crippen LogP contribution in [-0.4, -0.2) is 56.4 Å². The number of ether oxygens (including phenoxy) is 2. The second-order valence-electron chi connectivity index (χ2n) is 4.61. The molecule has 0 aliphatic carbocycles. The second-order valence-corrected chi connectivity index (χ2v) is 4.61. The van der Waals surface area contributed by atoms with Crippen LogP contribution in [0.5, 0.6) is 0 Å². The summed E-state index contributed by atoms with van der Waals surface area (Å²) in [7, 11) is 2.00. The van der Waals surface area contributed by atoms with Gasteiger partial charge in [0, 0.05) is 6.54 Å². The lowest BCUT2D eigenvalue weighted by molar-refractivity contribution is -0.149. The fourth-order valence-electron chi connectivity index (χ4n) is 1.46. The maximum Gasteiger partial charge on any atom is 0.323 e. The summed E-state index contributed by atoms with van der Waals surface area (Å²) in [5.74, 6) is -0.221. The first-order valence-corrected chi connectivity index (χ1v) is 5.72. The van der Waals surface area contributed by atoms with Crippen LogP contribution in [0.15, 0.2) is 0 Å². The van der Waals surface area contributed by atoms with E-state index in [1.807, 2.05) is 20.9 Å². The predicted molar refractivity (Wildman–Crippen MR) is 61.0 cm³/mol. The van der Waals surface area contributed by atoms with E-state index in [4.69, 9.17) is 15.2 Å². The van der Waals surface area contributed by atoms with Gasteiger partial charge in [0.15, 0.2) is 0 Å². The molecule has 0 radical (unpaired) electrons. The predicted octanol–water partition coefficient (Wildman–Crippen LogP) is -0.156. The normalized spacial score (nSPS) is 24.4. The van der Waals surface area contributed by atoms with Gasteiger partial charge in [-0.2, -0.15) is 0 Å². The van der Waals surface area contributed by atoms with E-state index in [9.17, 15) is 4.79 Å². The number of morpholine rings is 1. The summed E-state index contributed by atoms with van der Waals surface area (Å²) in [5.41, 5.74) is 5.69. The zero-order valence-corrected chi connectivity index (χ0v) is 10.3. The zero-order chi connectivity index (χ0) is 12.1. The summed E-state index contributed by atoms with van der Waals surface area (Å²) < 4.78 is 10.5. The van der Waals surface area contributed by atoms with E-state index in [1.165, 1.54) is 0 Å². The Kier molecular flexibility index (Phi) is 5.18. The van der Waals surface area contributed by atoms with Gasteiger partial charge in [0.2, 0.25) is 0 Å². The Labute approximate surface area is 96.9 Å². The quantitative estimate of drug-likeness (QED) is 0.680. The Morgan fingerprint density at radius 2 is 2.31 bits per heavy atom. The molecule has 5 heteroatoms. The number of carbonyl (C=O) groups is 1. The lowest BCUT2D eigenvalue weighted by Gasteiger charge is -2.32. The summed E-state index contributed by atoms with van der Waals surface area (Å²) >= 11 is 0. The average Bonchev–Trinajstić information content (AvgIpc) is 2.26. The number of rotatable bonds is 4. The molecule has 1 fully saturated rings. The molecule has 0 spiro atoms. The highest BCUT2D eigenvalue weighted by atomic mass is 16.5. The van der Waals surface area contributed by atoms with Gasteiger partial charge in [0.1, 0.15) is 12.6 Å². The summed E-state index contributed by atoms with van der Waals surface area (Å²) in [5, 5.41) is 0. The van der Waals surface area contributed by atoms with Crippen molar-refractivity contribution in [3.63, 3.8) is 0 Å². The second kappa shape index (κ2) is 6.18. The van der Waals surface area contributed by atoms with Gasteiger partial charge in [-0.15, -0.1) is 0 Å². The molecule has 94 valence electrons. The molecule has 0 aromatic rings. The molecule has 1 aliphatic heterocycles. The molecule has 1 aliphatic rings. The fraction of sp³-hybridized carbons (Fsp3) is 0.909. The first-order valence-electron chi connectivity index (χ1n) is 5.72. The number of carbonyl (C=O) groups excluding carboxylic acids is 1. The molecule has 1 saturated heterocycles. The standard InChI is InChI=1S/C11H22N2O3/c1-8(2)10(12)11(14)16-7-9-6-15-5-4-13(9)3/h8-10H,4-7,12H2,1-3H3. The van der Waals surface area contributed by atoms with Crippen molar-refractivity contribution in [3.05, 3.63) is 0 Å². The van der Waals surface area contributed by atoms with Crippen LogP contribution in [0.25, 0.3) is 0 Å². The van der Waals surface area contributed by atoms with Gasteiger partial charge in [0.05, 0.1) is 19.3 Å². The molecule has 1 rings (SSSR count). The van der Waals surface area contributed by atoms with E-state index in [0.717, 1.165) is 13.2 Å². The van der Waals surface area contributed by atoms with Crippen LogP contribution in [0.3, 0.4) is 0 Å². The lowest BCUT2D eigenvalue weighted by Crippen LogP contribution is -2.47. The number of likely N-dealkylation sites (N-methyl/N-ethyl adjacent to an activating group) is 1. The number of nitrogens with zero attached hydrogens (tertiary/aromatic N) is 1. The van der Waals surface area contributed by atoms with Gasteiger partial charge in [-0.3, -0.25) is 9.69 Å². The molecule has 0 bridgehead atoms. The summed E-state index contributed by atoms with van der Waals surface area (Å²) in [6.45, 7) is 6.39. The maximum atomic E-state index is 11.5. The van der Waals surface area contributed by atoms with Crippen LogP contribution in [0, 0.1) is 5.92 Å². The highest BCUT2D eigenvalue weighted by molar-refractivity contribution is 5.75. The zero-order valence-electron chi connectivity index (χ0n) is 10.3. The third-order valence-corrected chi connectivity index (χ3v) is 2.93. The number of esters is 1. The molecule has 2 atom stereocenters. The van der Waals surface area contributed by atoms with Gasteiger partial charge < -0.3 is 15.2 Å². The Bertz CT molecular complexity index is 233. The van der Waals surface area contributed by atoms with Crippen molar-refractivity contribution in [1.29, 1.82) is 0 Å². The molecular formula is C11H22N2O3. The molecular weight excluding hydrogens is 208 g/mol. The average molecular weight is 230 g/mol. The summed E-state index contributed by atoms with van der Waals surface area (Å²) in [6.07, 6.45) is 0. The van der Waals surface area contributed by atoms with Crippen LogP contribution in [0.4, 0.5) is 0 Å². The van der Waals surface area contributed by atoms with Crippen LogP contribution in [0.1, 0.15) is 13.8 Å². The van der Waals surface area contributed by atoms with Crippen LogP contribution in [0.2, 0.25) is 0 Å². The topological polar surface area (TPSA) is 64.8 Å². The molecule has 2 N–H and O–H groups in total. The fourth-order valence-corrected chi connectivity index (χ4v) is 1.46. The molecule has 2 unspecified atom stereocenters. The Morgan fingerprint density at radius 1 is 1.62 bits per heavy atom. The van der Waals surface area contributed by atoms with Crippen LogP contribution < -0.4 is 5.73 Å². The Balaban J connectivity index is 2.30. The first kappa shape index (κ1) is 13.4. The number of hydrogen-bond acceptors (Lipinski definition) is 5. The van der Waals surface area contributed by atoms with Crippen molar-refractivity contribution in [1.82, 2.24) is 4.90 Å². The number of nitrogens with two attached hydrogens (primary N) is 1. The molecule has 0 saturated carbocycles. The van der Waals surface area contributed by atoms with E-state index in [1.54, 1.807) is 0 Å². The largest absolute Gasteiger partial charge is 0.463 e. The minimum atomic E-state index is -0.533. The van der Waals surface area contributed by atoms with Crippen LogP contribution >= 0.6 is 0 Å². The van der Waals surface area contributed by atoms with Crippen molar-refractivity contribution >= 4 is 5.97 Å². The lowest BCUT2D eigenvalue weighted by atomic mass is 10.1. The van der Waals surface area contributed by atoms with Crippen molar-refractivity contribution in [2.45, 2.75) is 25.9 Å². The third-order valence-electron chi connectivity index (χ3n) is 2.93. The van der Waals surface area contributed by atoms with E-state index < -0.39 is 6.04 Å². The molecule has 1 heterocycles. The number of hydrogen-bond donors (Lipinski definition) is 1. The van der Waals surface area contributed by atoms with Gasteiger partial charge in [-0.25, -0.2) is 0 Å². The van der Waals surface area contributed by atoms with E-state index in [2.05, 4.69) is 4.90 Å². The van der Waals surface area contributed by atoms with Crippen molar-refractivity contribution < 1.29 is 14.3 Å². The molecule has 0 aromatic heterocycles. The minimum absolute atomic E-state index is 0.104. The van der Waals surface area contributed by atoms with Gasteiger partial charge >= 0.3 is 5.97 Å². The SMILES string of the molecule is CC(C)C(N)C(=O)OCC1COCCN1C. The van der Waals surface area contributed by atoms with Crippen molar-refractivity contribution in [2.75, 3.05) is 33.4 Å². The molecule has 0 aromatic carbocycles. The Morgan fingerprint density at radius 3 is 2.88 bits per heavy atom. The molecule has 0 amide bonds. The van der Waals surface area contributed by atoms with Gasteiger partial charge in [0.25, 0.3) is 0 Å². The molecule has 16 heavy (non-hydrogen) atoms. The summed E-state index contributed by atoms with van der Waals surface area (Å²) in [6, 6.07) is -0.383. The van der Waals surface area contributed by atoms with Gasteiger partial charge in [-0.1, -0.05) is 13.8 Å².